The van der Waals surface area contributed by atoms with Gasteiger partial charge >= 0.3 is 5.63 Å². The lowest BCUT2D eigenvalue weighted by molar-refractivity contribution is 0.563. The van der Waals surface area contributed by atoms with Gasteiger partial charge in [0.15, 0.2) is 10.6 Å². The first-order valence-corrected chi connectivity index (χ1v) is 6.64. The van der Waals surface area contributed by atoms with E-state index in [2.05, 4.69) is 10.2 Å². The molecule has 1 aromatic carbocycles. The summed E-state index contributed by atoms with van der Waals surface area (Å²) in [6, 6.07) is 4.77. The number of hydrogen-bond donors (Lipinski definition) is 1. The van der Waals surface area contributed by atoms with E-state index in [1.54, 1.807) is 12.1 Å². The lowest BCUT2D eigenvalue weighted by Crippen LogP contribution is -2.02. The van der Waals surface area contributed by atoms with Crippen LogP contribution >= 0.6 is 34.5 Å². The second kappa shape index (κ2) is 4.48. The van der Waals surface area contributed by atoms with Crippen molar-refractivity contribution < 1.29 is 4.42 Å². The first-order valence-electron chi connectivity index (χ1n) is 5.07. The number of nitrogen functional groups attached to an aromatic ring is 1. The topological polar surface area (TPSA) is 82.0 Å². The van der Waals surface area contributed by atoms with E-state index in [4.69, 9.17) is 33.4 Å². The molecule has 5 nitrogen and oxygen atoms in total. The molecule has 0 aliphatic rings. The van der Waals surface area contributed by atoms with Gasteiger partial charge < -0.3 is 10.2 Å². The number of halogens is 2. The molecule has 19 heavy (non-hydrogen) atoms. The fourth-order valence-corrected chi connectivity index (χ4v) is 2.81. The van der Waals surface area contributed by atoms with Crippen molar-refractivity contribution in [2.24, 2.45) is 0 Å². The molecule has 0 saturated heterocycles. The maximum absolute atomic E-state index is 11.9. The van der Waals surface area contributed by atoms with Crippen LogP contribution in [0, 0.1) is 0 Å². The number of anilines is 1. The number of aromatic nitrogens is 2. The van der Waals surface area contributed by atoms with Crippen LogP contribution in [0.3, 0.4) is 0 Å². The highest BCUT2D eigenvalue weighted by Gasteiger charge is 2.14. The van der Waals surface area contributed by atoms with Gasteiger partial charge in [0.2, 0.25) is 5.13 Å². The fourth-order valence-electron chi connectivity index (χ4n) is 1.65. The number of rotatable bonds is 1. The van der Waals surface area contributed by atoms with Crippen LogP contribution in [0.5, 0.6) is 0 Å². The highest BCUT2D eigenvalue weighted by Crippen LogP contribution is 2.30. The smallest absolute Gasteiger partial charge is 0.346 e. The Morgan fingerprint density at radius 3 is 2.68 bits per heavy atom. The highest BCUT2D eigenvalue weighted by molar-refractivity contribution is 7.18. The Morgan fingerprint density at radius 1 is 1.21 bits per heavy atom. The fraction of sp³-hybridized carbons (Fsp3) is 0. The SMILES string of the molecule is Nc1nnc(-c2cc3cc(Cl)cc(Cl)c3oc2=O)s1. The van der Waals surface area contributed by atoms with Gasteiger partial charge in [-0.1, -0.05) is 34.5 Å². The van der Waals surface area contributed by atoms with Gasteiger partial charge in [-0.05, 0) is 18.2 Å². The summed E-state index contributed by atoms with van der Waals surface area (Å²) in [7, 11) is 0. The van der Waals surface area contributed by atoms with Gasteiger partial charge in [-0.3, -0.25) is 0 Å². The maximum atomic E-state index is 11.9. The largest absolute Gasteiger partial charge is 0.421 e. The van der Waals surface area contributed by atoms with Gasteiger partial charge in [0.1, 0.15) is 0 Å². The number of fused-ring (bicyclic) bond motifs is 1. The van der Waals surface area contributed by atoms with Gasteiger partial charge in [0.05, 0.1) is 10.6 Å². The van der Waals surface area contributed by atoms with E-state index in [-0.39, 0.29) is 21.3 Å². The summed E-state index contributed by atoms with van der Waals surface area (Å²) in [5.74, 6) is 0. The van der Waals surface area contributed by atoms with Crippen LogP contribution in [0.25, 0.3) is 21.5 Å². The Morgan fingerprint density at radius 2 is 2.00 bits per heavy atom. The molecule has 8 heteroatoms. The van der Waals surface area contributed by atoms with Gasteiger partial charge in [0.25, 0.3) is 0 Å². The van der Waals surface area contributed by atoms with Crippen molar-refractivity contribution >= 4 is 50.6 Å². The summed E-state index contributed by atoms with van der Waals surface area (Å²) >= 11 is 13.0. The summed E-state index contributed by atoms with van der Waals surface area (Å²) in [5.41, 5.74) is 5.52. The van der Waals surface area contributed by atoms with Crippen LogP contribution in [-0.4, -0.2) is 10.2 Å². The Labute approximate surface area is 120 Å². The van der Waals surface area contributed by atoms with Crippen LogP contribution in [0.1, 0.15) is 0 Å². The molecule has 96 valence electrons. The summed E-state index contributed by atoms with van der Waals surface area (Å²) in [6.07, 6.45) is 0. The summed E-state index contributed by atoms with van der Waals surface area (Å²) in [5, 5.41) is 9.49. The number of nitrogens with two attached hydrogens (primary N) is 1. The van der Waals surface area contributed by atoms with Gasteiger partial charge in [0, 0.05) is 10.4 Å². The summed E-state index contributed by atoms with van der Waals surface area (Å²) in [4.78, 5) is 11.9. The first-order chi connectivity index (χ1) is 9.04. The van der Waals surface area contributed by atoms with Crippen molar-refractivity contribution in [2.75, 3.05) is 5.73 Å². The minimum Gasteiger partial charge on any atom is -0.421 e. The summed E-state index contributed by atoms with van der Waals surface area (Å²) < 4.78 is 5.19. The maximum Gasteiger partial charge on any atom is 0.346 e. The normalized spacial score (nSPS) is 11.1. The predicted octanol–water partition coefficient (Wildman–Crippen LogP) is 3.20. The van der Waals surface area contributed by atoms with E-state index in [0.29, 0.717) is 15.4 Å². The monoisotopic (exact) mass is 313 g/mol. The molecule has 0 aliphatic heterocycles. The first kappa shape index (κ1) is 12.4. The second-order valence-corrected chi connectivity index (χ2v) is 5.55. The molecule has 0 radical (unpaired) electrons. The van der Waals surface area contributed by atoms with Gasteiger partial charge in [-0.15, -0.1) is 10.2 Å². The quantitative estimate of drug-likeness (QED) is 0.697. The molecule has 3 aromatic rings. The average Bonchev–Trinajstić information content (AvgIpc) is 2.76. The molecular formula is C11H5Cl2N3O2S. The van der Waals surface area contributed by atoms with E-state index in [1.165, 1.54) is 6.07 Å². The van der Waals surface area contributed by atoms with Crippen molar-refractivity contribution in [1.82, 2.24) is 10.2 Å². The molecule has 0 amide bonds. The van der Waals surface area contributed by atoms with Gasteiger partial charge in [-0.25, -0.2) is 4.79 Å². The highest BCUT2D eigenvalue weighted by atomic mass is 35.5. The van der Waals surface area contributed by atoms with Crippen molar-refractivity contribution in [3.8, 4) is 10.6 Å². The lowest BCUT2D eigenvalue weighted by Gasteiger charge is -2.01. The molecule has 0 unspecified atom stereocenters. The molecule has 2 N–H and O–H groups in total. The molecule has 3 rings (SSSR count). The zero-order chi connectivity index (χ0) is 13.6. The van der Waals surface area contributed by atoms with Crippen molar-refractivity contribution in [3.05, 3.63) is 38.7 Å². The number of benzene rings is 1. The van der Waals surface area contributed by atoms with E-state index in [0.717, 1.165) is 11.3 Å². The van der Waals surface area contributed by atoms with Crippen molar-refractivity contribution in [3.63, 3.8) is 0 Å². The zero-order valence-corrected chi connectivity index (χ0v) is 11.5. The Bertz CT molecular complexity index is 844. The third kappa shape index (κ3) is 2.18. The van der Waals surface area contributed by atoms with Crippen LogP contribution < -0.4 is 11.4 Å². The third-order valence-electron chi connectivity index (χ3n) is 2.42. The van der Waals surface area contributed by atoms with Crippen LogP contribution in [0.2, 0.25) is 10.0 Å². The number of nitrogens with zero attached hydrogens (tertiary/aromatic N) is 2. The molecule has 2 aromatic heterocycles. The van der Waals surface area contributed by atoms with Crippen molar-refractivity contribution in [1.29, 1.82) is 0 Å². The van der Waals surface area contributed by atoms with E-state index in [1.807, 2.05) is 0 Å². The Hall–Kier alpha value is -1.63. The molecule has 2 heterocycles. The minimum atomic E-state index is -0.548. The van der Waals surface area contributed by atoms with E-state index in [9.17, 15) is 4.79 Å². The lowest BCUT2D eigenvalue weighted by atomic mass is 10.2. The molecule has 0 bridgehead atoms. The van der Waals surface area contributed by atoms with Crippen LogP contribution in [0.4, 0.5) is 5.13 Å². The summed E-state index contributed by atoms with van der Waals surface area (Å²) in [6.45, 7) is 0. The van der Waals surface area contributed by atoms with E-state index >= 15 is 0 Å². The van der Waals surface area contributed by atoms with Crippen LogP contribution in [-0.2, 0) is 0 Å². The standard InChI is InChI=1S/C11H5Cl2N3O2S/c12-5-1-4-2-6(9-15-16-11(14)19-9)10(17)18-8(4)7(13)3-5/h1-3H,(H2,14,16). The molecule has 0 aliphatic carbocycles. The molecule has 0 fully saturated rings. The molecular weight excluding hydrogens is 309 g/mol. The predicted molar refractivity (Wildman–Crippen MR) is 75.8 cm³/mol. The molecule has 0 spiro atoms. The van der Waals surface area contributed by atoms with E-state index < -0.39 is 5.63 Å². The third-order valence-corrected chi connectivity index (χ3v) is 3.71. The van der Waals surface area contributed by atoms with Crippen LogP contribution in [0.15, 0.2) is 27.4 Å². The van der Waals surface area contributed by atoms with Crippen molar-refractivity contribution in [2.45, 2.75) is 0 Å². The molecule has 0 atom stereocenters. The Balaban J connectivity index is 2.33. The van der Waals surface area contributed by atoms with Gasteiger partial charge in [-0.2, -0.15) is 0 Å². The Kier molecular flexibility index (Phi) is 2.93. The minimum absolute atomic E-state index is 0.277. The zero-order valence-electron chi connectivity index (χ0n) is 9.18. The molecule has 0 saturated carbocycles. The number of hydrogen-bond acceptors (Lipinski definition) is 6. The second-order valence-electron chi connectivity index (χ2n) is 3.70. The average molecular weight is 314 g/mol.